The van der Waals surface area contributed by atoms with Crippen LogP contribution in [0.1, 0.15) is 15.9 Å². The van der Waals surface area contributed by atoms with Crippen LogP contribution in [0.5, 0.6) is 0 Å². The van der Waals surface area contributed by atoms with Gasteiger partial charge in [0.2, 0.25) is 0 Å². The zero-order valence-corrected chi connectivity index (χ0v) is 10.2. The predicted octanol–water partition coefficient (Wildman–Crippen LogP) is 1.57. The fourth-order valence-corrected chi connectivity index (χ4v) is 1.59. The Morgan fingerprint density at radius 2 is 1.95 bits per heavy atom. The van der Waals surface area contributed by atoms with E-state index in [-0.39, 0.29) is 16.4 Å². The highest BCUT2D eigenvalue weighted by molar-refractivity contribution is 7.80. The van der Waals surface area contributed by atoms with Crippen molar-refractivity contribution in [3.8, 4) is 0 Å². The number of anilines is 1. The van der Waals surface area contributed by atoms with Gasteiger partial charge in [-0.3, -0.25) is 9.89 Å². The van der Waals surface area contributed by atoms with E-state index in [1.165, 1.54) is 6.20 Å². The van der Waals surface area contributed by atoms with Crippen LogP contribution in [-0.2, 0) is 0 Å². The molecule has 0 spiro atoms. The lowest BCUT2D eigenvalue weighted by molar-refractivity contribution is 0.102. The molecule has 1 amide bonds. The van der Waals surface area contributed by atoms with E-state index in [2.05, 4.69) is 15.5 Å². The molecule has 5 nitrogen and oxygen atoms in total. The average Bonchev–Trinajstić information content (AvgIpc) is 2.75. The molecule has 0 unspecified atom stereocenters. The summed E-state index contributed by atoms with van der Waals surface area (Å²) in [7, 11) is 0. The van der Waals surface area contributed by atoms with Gasteiger partial charge in [0.1, 0.15) is 22.4 Å². The SMILES string of the molecule is NC(=S)c1cn[nH]c1NC(=O)c1cc(F)cc(F)c1. The van der Waals surface area contributed by atoms with Crippen molar-refractivity contribution in [2.75, 3.05) is 5.32 Å². The van der Waals surface area contributed by atoms with E-state index in [1.807, 2.05) is 0 Å². The lowest BCUT2D eigenvalue weighted by atomic mass is 10.2. The van der Waals surface area contributed by atoms with Crippen LogP contribution in [0.3, 0.4) is 0 Å². The first-order chi connectivity index (χ1) is 8.97. The summed E-state index contributed by atoms with van der Waals surface area (Å²) in [5.41, 5.74) is 5.59. The Kier molecular flexibility index (Phi) is 3.52. The van der Waals surface area contributed by atoms with Crippen LogP contribution in [0, 0.1) is 11.6 Å². The van der Waals surface area contributed by atoms with Crippen molar-refractivity contribution in [1.82, 2.24) is 10.2 Å². The number of rotatable bonds is 3. The number of H-pyrrole nitrogens is 1. The summed E-state index contributed by atoms with van der Waals surface area (Å²) in [4.78, 5) is 11.9. The van der Waals surface area contributed by atoms with Gasteiger partial charge in [-0.05, 0) is 12.1 Å². The largest absolute Gasteiger partial charge is 0.389 e. The van der Waals surface area contributed by atoms with Gasteiger partial charge in [-0.15, -0.1) is 0 Å². The van der Waals surface area contributed by atoms with Crippen molar-refractivity contribution < 1.29 is 13.6 Å². The minimum atomic E-state index is -0.843. The number of nitrogens with one attached hydrogen (secondary N) is 2. The maximum Gasteiger partial charge on any atom is 0.257 e. The van der Waals surface area contributed by atoms with Gasteiger partial charge in [-0.1, -0.05) is 12.2 Å². The van der Waals surface area contributed by atoms with Gasteiger partial charge in [0.15, 0.2) is 0 Å². The molecular weight excluding hydrogens is 274 g/mol. The van der Waals surface area contributed by atoms with Gasteiger partial charge in [-0.25, -0.2) is 8.78 Å². The third-order valence-electron chi connectivity index (χ3n) is 2.27. The van der Waals surface area contributed by atoms with Crippen LogP contribution in [0.15, 0.2) is 24.4 Å². The Morgan fingerprint density at radius 3 is 2.53 bits per heavy atom. The minimum absolute atomic E-state index is 0.0365. The van der Waals surface area contributed by atoms with E-state index in [0.717, 1.165) is 12.1 Å². The maximum absolute atomic E-state index is 13.0. The number of hydrogen-bond donors (Lipinski definition) is 3. The Labute approximate surface area is 111 Å². The second-order valence-corrected chi connectivity index (χ2v) is 4.08. The molecule has 0 saturated heterocycles. The highest BCUT2D eigenvalue weighted by Gasteiger charge is 2.14. The Hall–Kier alpha value is -2.35. The molecular formula is C11H8F2N4OS. The number of hydrogen-bond acceptors (Lipinski definition) is 3. The first-order valence-corrected chi connectivity index (χ1v) is 5.49. The number of nitrogens with zero attached hydrogens (tertiary/aromatic N) is 1. The highest BCUT2D eigenvalue weighted by Crippen LogP contribution is 2.14. The molecule has 0 fully saturated rings. The summed E-state index contributed by atoms with van der Waals surface area (Å²) in [6, 6.07) is 2.50. The first kappa shape index (κ1) is 13.1. The molecule has 0 aliphatic heterocycles. The molecule has 0 aliphatic rings. The van der Waals surface area contributed by atoms with E-state index in [9.17, 15) is 13.6 Å². The van der Waals surface area contributed by atoms with Crippen LogP contribution in [0.4, 0.5) is 14.6 Å². The molecule has 1 aromatic heterocycles. The average molecular weight is 282 g/mol. The van der Waals surface area contributed by atoms with Gasteiger partial charge in [-0.2, -0.15) is 5.10 Å². The topological polar surface area (TPSA) is 83.8 Å². The summed E-state index contributed by atoms with van der Waals surface area (Å²) in [5, 5.41) is 8.53. The summed E-state index contributed by atoms with van der Waals surface area (Å²) in [5.74, 6) is -2.23. The fraction of sp³-hybridized carbons (Fsp3) is 0. The molecule has 0 bridgehead atoms. The van der Waals surface area contributed by atoms with Crippen molar-refractivity contribution in [2.24, 2.45) is 5.73 Å². The molecule has 1 aromatic carbocycles. The van der Waals surface area contributed by atoms with E-state index in [1.54, 1.807) is 0 Å². The fourth-order valence-electron chi connectivity index (χ4n) is 1.44. The number of halogens is 2. The molecule has 0 atom stereocenters. The zero-order chi connectivity index (χ0) is 14.0. The van der Waals surface area contributed by atoms with E-state index in [0.29, 0.717) is 11.6 Å². The van der Waals surface area contributed by atoms with Crippen LogP contribution in [0.2, 0.25) is 0 Å². The van der Waals surface area contributed by atoms with Crippen molar-refractivity contribution >= 4 is 28.9 Å². The lowest BCUT2D eigenvalue weighted by Gasteiger charge is -2.05. The van der Waals surface area contributed by atoms with Gasteiger partial charge in [0.25, 0.3) is 5.91 Å². The third-order valence-corrected chi connectivity index (χ3v) is 2.49. The van der Waals surface area contributed by atoms with Crippen LogP contribution < -0.4 is 11.1 Å². The Balaban J connectivity index is 2.25. The summed E-state index contributed by atoms with van der Waals surface area (Å²) in [6.07, 6.45) is 1.34. The number of benzene rings is 1. The number of thiocarbonyl (C=S) groups is 1. The van der Waals surface area contributed by atoms with E-state index < -0.39 is 17.5 Å². The van der Waals surface area contributed by atoms with Crippen molar-refractivity contribution in [3.63, 3.8) is 0 Å². The van der Waals surface area contributed by atoms with Gasteiger partial charge >= 0.3 is 0 Å². The van der Waals surface area contributed by atoms with Crippen LogP contribution in [0.25, 0.3) is 0 Å². The van der Waals surface area contributed by atoms with E-state index >= 15 is 0 Å². The molecule has 4 N–H and O–H groups in total. The molecule has 0 radical (unpaired) electrons. The number of aromatic amines is 1. The lowest BCUT2D eigenvalue weighted by Crippen LogP contribution is -2.17. The third kappa shape index (κ3) is 2.91. The molecule has 19 heavy (non-hydrogen) atoms. The monoisotopic (exact) mass is 282 g/mol. The zero-order valence-electron chi connectivity index (χ0n) is 9.41. The Bertz CT molecular complexity index is 636. The quantitative estimate of drug-likeness (QED) is 0.746. The van der Waals surface area contributed by atoms with E-state index in [4.69, 9.17) is 18.0 Å². The standard InChI is InChI=1S/C11H8F2N4OS/c12-6-1-5(2-7(13)3-6)11(18)16-10-8(9(14)19)4-15-17-10/h1-4H,(H2,14,19)(H2,15,16,17,18). The summed E-state index contributed by atoms with van der Waals surface area (Å²) in [6.45, 7) is 0. The summed E-state index contributed by atoms with van der Waals surface area (Å²) >= 11 is 4.76. The number of carbonyl (C=O) groups excluding carboxylic acids is 1. The second kappa shape index (κ2) is 5.11. The maximum atomic E-state index is 13.0. The predicted molar refractivity (Wildman–Crippen MR) is 68.8 cm³/mol. The van der Waals surface area contributed by atoms with Crippen LogP contribution in [-0.4, -0.2) is 21.1 Å². The number of carbonyl (C=O) groups is 1. The van der Waals surface area contributed by atoms with Crippen molar-refractivity contribution in [1.29, 1.82) is 0 Å². The first-order valence-electron chi connectivity index (χ1n) is 5.08. The molecule has 8 heteroatoms. The molecule has 2 aromatic rings. The Morgan fingerprint density at radius 1 is 1.32 bits per heavy atom. The molecule has 0 saturated carbocycles. The minimum Gasteiger partial charge on any atom is -0.389 e. The molecule has 1 heterocycles. The smallest absolute Gasteiger partial charge is 0.257 e. The van der Waals surface area contributed by atoms with Gasteiger partial charge in [0, 0.05) is 11.6 Å². The van der Waals surface area contributed by atoms with Crippen molar-refractivity contribution in [3.05, 3.63) is 47.2 Å². The molecule has 98 valence electrons. The number of aromatic nitrogens is 2. The molecule has 2 rings (SSSR count). The normalized spacial score (nSPS) is 10.2. The molecule has 0 aliphatic carbocycles. The van der Waals surface area contributed by atoms with Crippen LogP contribution >= 0.6 is 12.2 Å². The number of nitrogens with two attached hydrogens (primary N) is 1. The highest BCUT2D eigenvalue weighted by atomic mass is 32.1. The van der Waals surface area contributed by atoms with Gasteiger partial charge in [0.05, 0.1) is 11.8 Å². The second-order valence-electron chi connectivity index (χ2n) is 3.64. The summed E-state index contributed by atoms with van der Waals surface area (Å²) < 4.78 is 26.0. The number of amides is 1. The van der Waals surface area contributed by atoms with Gasteiger partial charge < -0.3 is 11.1 Å². The van der Waals surface area contributed by atoms with Crippen molar-refractivity contribution in [2.45, 2.75) is 0 Å².